The molecule has 2 rings (SSSR count). The van der Waals surface area contributed by atoms with Crippen LogP contribution in [0.2, 0.25) is 0 Å². The number of hydrogen-bond donors (Lipinski definition) is 1. The van der Waals surface area contributed by atoms with E-state index in [2.05, 4.69) is 18.3 Å². The Bertz CT molecular complexity index is 202. The lowest BCUT2D eigenvalue weighted by molar-refractivity contribution is 0.191. The van der Waals surface area contributed by atoms with Gasteiger partial charge in [-0.15, -0.1) is 0 Å². The molecule has 1 saturated heterocycles. The van der Waals surface area contributed by atoms with Crippen LogP contribution in [0.15, 0.2) is 11.6 Å². The first kappa shape index (κ1) is 10.2. The van der Waals surface area contributed by atoms with Crippen molar-refractivity contribution in [1.29, 1.82) is 0 Å². The van der Waals surface area contributed by atoms with E-state index in [0.29, 0.717) is 5.92 Å². The number of hydrogen-bond acceptors (Lipinski definition) is 2. The van der Waals surface area contributed by atoms with Gasteiger partial charge in [-0.1, -0.05) is 18.6 Å². The highest BCUT2D eigenvalue weighted by molar-refractivity contribution is 5.07. The lowest BCUT2D eigenvalue weighted by atomic mass is 10.0. The average molecular weight is 195 g/mol. The Balaban J connectivity index is 1.76. The molecule has 2 fully saturated rings. The molecular weight excluding hydrogens is 174 g/mol. The summed E-state index contributed by atoms with van der Waals surface area (Å²) in [4.78, 5) is 0. The van der Waals surface area contributed by atoms with Crippen LogP contribution in [-0.4, -0.2) is 25.8 Å². The molecule has 0 aromatic carbocycles. The largest absolute Gasteiger partial charge is 0.381 e. The van der Waals surface area contributed by atoms with E-state index in [-0.39, 0.29) is 0 Å². The Morgan fingerprint density at radius 3 is 2.86 bits per heavy atom. The van der Waals surface area contributed by atoms with E-state index in [1.54, 1.807) is 5.57 Å². The van der Waals surface area contributed by atoms with Gasteiger partial charge in [0.1, 0.15) is 0 Å². The van der Waals surface area contributed by atoms with Gasteiger partial charge in [0.25, 0.3) is 0 Å². The van der Waals surface area contributed by atoms with Crippen molar-refractivity contribution in [3.05, 3.63) is 11.6 Å². The summed E-state index contributed by atoms with van der Waals surface area (Å²) in [6.07, 6.45) is 7.58. The molecule has 14 heavy (non-hydrogen) atoms. The molecule has 0 aromatic rings. The van der Waals surface area contributed by atoms with Crippen molar-refractivity contribution in [3.8, 4) is 0 Å². The molecule has 1 aliphatic heterocycles. The Morgan fingerprint density at radius 1 is 1.43 bits per heavy atom. The molecule has 2 heteroatoms. The molecule has 2 nitrogen and oxygen atoms in total. The minimum absolute atomic E-state index is 0.686. The predicted octanol–water partition coefficient (Wildman–Crippen LogP) is 2.11. The molecule has 0 bridgehead atoms. The number of rotatable bonds is 5. The van der Waals surface area contributed by atoms with Gasteiger partial charge in [-0.3, -0.25) is 0 Å². The summed E-state index contributed by atoms with van der Waals surface area (Å²) in [5.41, 5.74) is 1.56. The molecule has 1 saturated carbocycles. The number of nitrogens with one attached hydrogen (secondary N) is 1. The van der Waals surface area contributed by atoms with E-state index in [0.717, 1.165) is 25.8 Å². The van der Waals surface area contributed by atoms with Crippen molar-refractivity contribution >= 4 is 0 Å². The molecule has 80 valence electrons. The van der Waals surface area contributed by atoms with E-state index in [1.165, 1.54) is 25.7 Å². The van der Waals surface area contributed by atoms with Crippen LogP contribution in [0.5, 0.6) is 0 Å². The summed E-state index contributed by atoms with van der Waals surface area (Å²) in [6, 6.07) is 0.824. The fourth-order valence-corrected chi connectivity index (χ4v) is 1.88. The Hall–Kier alpha value is -0.340. The van der Waals surface area contributed by atoms with E-state index in [4.69, 9.17) is 4.74 Å². The maximum absolute atomic E-state index is 5.38. The molecule has 1 N–H and O–H groups in total. The van der Waals surface area contributed by atoms with Crippen molar-refractivity contribution in [2.75, 3.05) is 19.8 Å². The predicted molar refractivity (Wildman–Crippen MR) is 58.3 cm³/mol. The van der Waals surface area contributed by atoms with Gasteiger partial charge in [0.15, 0.2) is 0 Å². The zero-order valence-electron chi connectivity index (χ0n) is 9.09. The van der Waals surface area contributed by atoms with Gasteiger partial charge in [-0.2, -0.15) is 0 Å². The first-order valence-electron chi connectivity index (χ1n) is 5.89. The summed E-state index contributed by atoms with van der Waals surface area (Å²) in [7, 11) is 0. The van der Waals surface area contributed by atoms with Gasteiger partial charge in [0.2, 0.25) is 0 Å². The van der Waals surface area contributed by atoms with Crippen LogP contribution < -0.4 is 5.32 Å². The molecule has 1 atom stereocenters. The van der Waals surface area contributed by atoms with Gasteiger partial charge in [-0.25, -0.2) is 0 Å². The highest BCUT2D eigenvalue weighted by Gasteiger charge is 2.20. The third-order valence-corrected chi connectivity index (χ3v) is 3.09. The van der Waals surface area contributed by atoms with E-state index < -0.39 is 0 Å². The summed E-state index contributed by atoms with van der Waals surface area (Å²) in [5.74, 6) is 0.686. The maximum Gasteiger partial charge on any atom is 0.0529 e. The van der Waals surface area contributed by atoms with Crippen LogP contribution in [0.25, 0.3) is 0 Å². The fraction of sp³-hybridized carbons (Fsp3) is 0.833. The zero-order chi connectivity index (χ0) is 9.80. The van der Waals surface area contributed by atoms with Gasteiger partial charge < -0.3 is 10.1 Å². The van der Waals surface area contributed by atoms with Crippen LogP contribution in [0.4, 0.5) is 0 Å². The van der Waals surface area contributed by atoms with Gasteiger partial charge in [0, 0.05) is 25.1 Å². The van der Waals surface area contributed by atoms with Crippen LogP contribution >= 0.6 is 0 Å². The summed E-state index contributed by atoms with van der Waals surface area (Å²) in [6.45, 7) is 5.23. The Labute approximate surface area is 86.7 Å². The molecular formula is C12H21NO. The molecule has 0 spiro atoms. The molecule has 1 unspecified atom stereocenters. The molecule has 0 radical (unpaired) electrons. The second kappa shape index (κ2) is 4.94. The fourth-order valence-electron chi connectivity index (χ4n) is 1.88. The lowest BCUT2D eigenvalue weighted by Gasteiger charge is -2.08. The third kappa shape index (κ3) is 3.10. The lowest BCUT2D eigenvalue weighted by Crippen LogP contribution is -2.19. The quantitative estimate of drug-likeness (QED) is 0.678. The highest BCUT2D eigenvalue weighted by atomic mass is 16.5. The second-order valence-electron chi connectivity index (χ2n) is 4.46. The Kier molecular flexibility index (Phi) is 3.60. The van der Waals surface area contributed by atoms with Gasteiger partial charge in [-0.05, 0) is 25.7 Å². The van der Waals surface area contributed by atoms with E-state index in [1.807, 2.05) is 0 Å². The zero-order valence-corrected chi connectivity index (χ0v) is 9.09. The summed E-state index contributed by atoms with van der Waals surface area (Å²) in [5, 5.41) is 3.57. The topological polar surface area (TPSA) is 21.3 Å². The molecule has 0 amide bonds. The average Bonchev–Trinajstić information content (AvgIpc) is 2.90. The van der Waals surface area contributed by atoms with Crippen LogP contribution in [0.3, 0.4) is 0 Å². The minimum Gasteiger partial charge on any atom is -0.381 e. The molecule has 0 aromatic heterocycles. The third-order valence-electron chi connectivity index (χ3n) is 3.09. The van der Waals surface area contributed by atoms with Crippen molar-refractivity contribution in [2.45, 2.75) is 38.6 Å². The molecule has 1 heterocycles. The van der Waals surface area contributed by atoms with Crippen molar-refractivity contribution in [3.63, 3.8) is 0 Å². The van der Waals surface area contributed by atoms with Crippen LogP contribution in [0.1, 0.15) is 32.6 Å². The second-order valence-corrected chi connectivity index (χ2v) is 4.46. The number of ether oxygens (including phenoxy) is 1. The van der Waals surface area contributed by atoms with Crippen LogP contribution in [-0.2, 0) is 4.74 Å². The molecule has 2 aliphatic rings. The van der Waals surface area contributed by atoms with Gasteiger partial charge >= 0.3 is 0 Å². The Morgan fingerprint density at radius 2 is 2.29 bits per heavy atom. The van der Waals surface area contributed by atoms with Gasteiger partial charge in [0.05, 0.1) is 6.61 Å². The summed E-state index contributed by atoms with van der Waals surface area (Å²) >= 11 is 0. The standard InChI is InChI=1S/C12H21NO/c1-2-10(8-13-12-3-4-12)7-11-5-6-14-9-11/h7,11-13H,2-6,8-9H2,1H3/b10-7+. The van der Waals surface area contributed by atoms with Crippen molar-refractivity contribution in [2.24, 2.45) is 5.92 Å². The highest BCUT2D eigenvalue weighted by Crippen LogP contribution is 2.20. The summed E-state index contributed by atoms with van der Waals surface area (Å²) < 4.78 is 5.38. The first-order valence-corrected chi connectivity index (χ1v) is 5.89. The minimum atomic E-state index is 0.686. The molecule has 1 aliphatic carbocycles. The normalized spacial score (nSPS) is 28.4. The van der Waals surface area contributed by atoms with E-state index >= 15 is 0 Å². The van der Waals surface area contributed by atoms with E-state index in [9.17, 15) is 0 Å². The maximum atomic E-state index is 5.38. The SMILES string of the molecule is CC/C(=C\C1CCOC1)CNC1CC1. The van der Waals surface area contributed by atoms with Crippen LogP contribution in [0, 0.1) is 5.92 Å². The first-order chi connectivity index (χ1) is 6.88. The monoisotopic (exact) mass is 195 g/mol. The van der Waals surface area contributed by atoms with Crippen molar-refractivity contribution in [1.82, 2.24) is 5.32 Å². The smallest absolute Gasteiger partial charge is 0.0529 e. The van der Waals surface area contributed by atoms with Crippen molar-refractivity contribution < 1.29 is 4.74 Å².